The van der Waals surface area contributed by atoms with Gasteiger partial charge in [-0.05, 0) is 60.0 Å². The van der Waals surface area contributed by atoms with Crippen LogP contribution in [0.5, 0.6) is 11.5 Å². The summed E-state index contributed by atoms with van der Waals surface area (Å²) < 4.78 is 26.3. The van der Waals surface area contributed by atoms with Gasteiger partial charge in [0.25, 0.3) is 5.56 Å². The molecule has 2 heterocycles. The van der Waals surface area contributed by atoms with E-state index in [1.165, 1.54) is 12.1 Å². The monoisotopic (exact) mass is 404 g/mol. The number of benzene rings is 2. The molecular weight excluding hydrogens is 383 g/mol. The molecular formula is C24H21FN2O3. The number of hydrogen-bond donors (Lipinski definition) is 0. The largest absolute Gasteiger partial charge is 0.497 e. The van der Waals surface area contributed by atoms with Gasteiger partial charge in [0.05, 0.1) is 19.2 Å². The Bertz CT molecular complexity index is 1270. The minimum Gasteiger partial charge on any atom is -0.497 e. The molecule has 2 aromatic carbocycles. The van der Waals surface area contributed by atoms with Crippen molar-refractivity contribution in [3.63, 3.8) is 0 Å². The molecule has 5 nitrogen and oxygen atoms in total. The standard InChI is InChI=1S/C24H21FN2O3/c1-16-13-17(3-7-21(16)25)18-4-8-24(28)27(15-18)11-12-30-23-9-10-26-22-14-19(29-2)5-6-20(22)23/h3-10,13-15H,11-12H2,1-2H3. The van der Waals surface area contributed by atoms with Crippen LogP contribution in [0.25, 0.3) is 22.0 Å². The maximum Gasteiger partial charge on any atom is 0.250 e. The topological polar surface area (TPSA) is 53.4 Å². The zero-order chi connectivity index (χ0) is 21.1. The minimum atomic E-state index is -0.248. The van der Waals surface area contributed by atoms with Crippen molar-refractivity contribution in [2.75, 3.05) is 13.7 Å². The minimum absolute atomic E-state index is 0.120. The summed E-state index contributed by atoms with van der Waals surface area (Å²) in [6.45, 7) is 2.42. The number of rotatable bonds is 6. The lowest BCUT2D eigenvalue weighted by molar-refractivity contribution is 0.299. The summed E-state index contributed by atoms with van der Waals surface area (Å²) in [4.78, 5) is 16.6. The van der Waals surface area contributed by atoms with Crippen molar-refractivity contribution in [3.8, 4) is 22.6 Å². The van der Waals surface area contributed by atoms with Crippen LogP contribution >= 0.6 is 0 Å². The lowest BCUT2D eigenvalue weighted by atomic mass is 10.1. The highest BCUT2D eigenvalue weighted by atomic mass is 19.1. The van der Waals surface area contributed by atoms with Gasteiger partial charge >= 0.3 is 0 Å². The molecule has 30 heavy (non-hydrogen) atoms. The van der Waals surface area contributed by atoms with E-state index in [9.17, 15) is 9.18 Å². The van der Waals surface area contributed by atoms with Gasteiger partial charge in [-0.2, -0.15) is 0 Å². The van der Waals surface area contributed by atoms with E-state index in [4.69, 9.17) is 9.47 Å². The Morgan fingerprint density at radius 3 is 2.67 bits per heavy atom. The number of methoxy groups -OCH3 is 1. The zero-order valence-corrected chi connectivity index (χ0v) is 16.8. The van der Waals surface area contributed by atoms with Crippen molar-refractivity contribution in [2.45, 2.75) is 13.5 Å². The smallest absolute Gasteiger partial charge is 0.250 e. The number of ether oxygens (including phenoxy) is 2. The fourth-order valence-electron chi connectivity index (χ4n) is 3.31. The molecule has 2 aromatic heterocycles. The number of fused-ring (bicyclic) bond motifs is 1. The van der Waals surface area contributed by atoms with Crippen molar-refractivity contribution >= 4 is 10.9 Å². The van der Waals surface area contributed by atoms with Crippen LogP contribution in [0.1, 0.15) is 5.56 Å². The average molecular weight is 404 g/mol. The molecule has 0 bridgehead atoms. The molecule has 6 heteroatoms. The zero-order valence-electron chi connectivity index (χ0n) is 16.8. The van der Waals surface area contributed by atoms with Gasteiger partial charge in [0.2, 0.25) is 0 Å². The van der Waals surface area contributed by atoms with E-state index in [1.807, 2.05) is 18.2 Å². The van der Waals surface area contributed by atoms with Gasteiger partial charge in [-0.25, -0.2) is 4.39 Å². The normalized spacial score (nSPS) is 10.9. The number of halogens is 1. The molecule has 4 aromatic rings. The van der Waals surface area contributed by atoms with E-state index < -0.39 is 0 Å². The Labute approximate surface area is 173 Å². The summed E-state index contributed by atoms with van der Waals surface area (Å²) in [6, 6.07) is 15.6. The van der Waals surface area contributed by atoms with Crippen LogP contribution in [-0.2, 0) is 6.54 Å². The lowest BCUT2D eigenvalue weighted by Gasteiger charge is -2.12. The van der Waals surface area contributed by atoms with Crippen molar-refractivity contribution in [3.05, 3.63) is 88.7 Å². The summed E-state index contributed by atoms with van der Waals surface area (Å²) in [5.74, 6) is 1.18. The maximum absolute atomic E-state index is 13.6. The summed E-state index contributed by atoms with van der Waals surface area (Å²) in [5, 5.41) is 0.876. The van der Waals surface area contributed by atoms with Crippen molar-refractivity contribution in [1.29, 1.82) is 0 Å². The van der Waals surface area contributed by atoms with Crippen LogP contribution in [0.15, 0.2) is 71.8 Å². The average Bonchev–Trinajstić information content (AvgIpc) is 2.76. The second kappa shape index (κ2) is 8.37. The van der Waals surface area contributed by atoms with Gasteiger partial charge in [-0.15, -0.1) is 0 Å². The molecule has 4 rings (SSSR count). The SMILES string of the molecule is COc1ccc2c(OCCn3cc(-c4ccc(F)c(C)c4)ccc3=O)ccnc2c1. The van der Waals surface area contributed by atoms with E-state index in [2.05, 4.69) is 4.98 Å². The highest BCUT2D eigenvalue weighted by Gasteiger charge is 2.07. The third kappa shape index (κ3) is 4.03. The molecule has 0 unspecified atom stereocenters. The first-order valence-electron chi connectivity index (χ1n) is 9.58. The summed E-state index contributed by atoms with van der Waals surface area (Å²) in [6.07, 6.45) is 3.45. The van der Waals surface area contributed by atoms with Crippen LogP contribution < -0.4 is 15.0 Å². The van der Waals surface area contributed by atoms with Crippen LogP contribution in [-0.4, -0.2) is 23.3 Å². The molecule has 0 saturated heterocycles. The maximum atomic E-state index is 13.6. The van der Waals surface area contributed by atoms with Gasteiger partial charge in [-0.1, -0.05) is 6.07 Å². The first kappa shape index (κ1) is 19.6. The molecule has 0 radical (unpaired) electrons. The molecule has 0 aliphatic carbocycles. The third-order valence-electron chi connectivity index (χ3n) is 4.97. The van der Waals surface area contributed by atoms with Crippen LogP contribution in [0.4, 0.5) is 4.39 Å². The number of aryl methyl sites for hydroxylation is 1. The highest BCUT2D eigenvalue weighted by molar-refractivity contribution is 5.85. The molecule has 0 saturated carbocycles. The van der Waals surface area contributed by atoms with Crippen molar-refractivity contribution in [1.82, 2.24) is 9.55 Å². The van der Waals surface area contributed by atoms with Gasteiger partial charge in [-0.3, -0.25) is 9.78 Å². The van der Waals surface area contributed by atoms with E-state index in [0.29, 0.717) is 24.5 Å². The van der Waals surface area contributed by atoms with E-state index in [0.717, 1.165) is 27.8 Å². The molecule has 0 atom stereocenters. The Kier molecular flexibility index (Phi) is 5.48. The molecule has 0 aliphatic heterocycles. The van der Waals surface area contributed by atoms with Crippen LogP contribution in [0.3, 0.4) is 0 Å². The summed E-state index contributed by atoms with van der Waals surface area (Å²) in [7, 11) is 1.61. The molecule has 0 N–H and O–H groups in total. The highest BCUT2D eigenvalue weighted by Crippen LogP contribution is 2.27. The van der Waals surface area contributed by atoms with Crippen molar-refractivity contribution in [2.24, 2.45) is 0 Å². The fraction of sp³-hybridized carbons (Fsp3) is 0.167. The number of nitrogens with zero attached hydrogens (tertiary/aromatic N) is 2. The lowest BCUT2D eigenvalue weighted by Crippen LogP contribution is -2.22. The van der Waals surface area contributed by atoms with E-state index >= 15 is 0 Å². The Morgan fingerprint density at radius 2 is 1.87 bits per heavy atom. The summed E-state index contributed by atoms with van der Waals surface area (Å²) in [5.41, 5.74) is 2.93. The molecule has 152 valence electrons. The number of aromatic nitrogens is 2. The van der Waals surface area contributed by atoms with Crippen LogP contribution in [0, 0.1) is 12.7 Å². The van der Waals surface area contributed by atoms with Gasteiger partial charge in [0, 0.05) is 29.9 Å². The van der Waals surface area contributed by atoms with Crippen LogP contribution in [0.2, 0.25) is 0 Å². The predicted octanol–water partition coefficient (Wildman–Crippen LogP) is 4.60. The molecule has 0 amide bonds. The van der Waals surface area contributed by atoms with E-state index in [1.54, 1.807) is 55.3 Å². The second-order valence-corrected chi connectivity index (χ2v) is 6.95. The Balaban J connectivity index is 1.52. The summed E-state index contributed by atoms with van der Waals surface area (Å²) >= 11 is 0. The Morgan fingerprint density at radius 1 is 1.03 bits per heavy atom. The number of hydrogen-bond acceptors (Lipinski definition) is 4. The van der Waals surface area contributed by atoms with Gasteiger partial charge in [0.1, 0.15) is 23.9 Å². The predicted molar refractivity (Wildman–Crippen MR) is 115 cm³/mol. The van der Waals surface area contributed by atoms with Crippen molar-refractivity contribution < 1.29 is 13.9 Å². The Hall–Kier alpha value is -3.67. The second-order valence-electron chi connectivity index (χ2n) is 6.95. The quantitative estimate of drug-likeness (QED) is 0.471. The van der Waals surface area contributed by atoms with Gasteiger partial charge in [0.15, 0.2) is 0 Å². The third-order valence-corrected chi connectivity index (χ3v) is 4.97. The number of pyridine rings is 2. The van der Waals surface area contributed by atoms with Gasteiger partial charge < -0.3 is 14.0 Å². The first-order chi connectivity index (χ1) is 14.5. The fourth-order valence-corrected chi connectivity index (χ4v) is 3.31. The van der Waals surface area contributed by atoms with E-state index in [-0.39, 0.29) is 11.4 Å². The molecule has 0 fully saturated rings. The first-order valence-corrected chi connectivity index (χ1v) is 9.58. The molecule has 0 aliphatic rings. The molecule has 0 spiro atoms.